The number of urea groups is 1. The third kappa shape index (κ3) is 7.60. The van der Waals surface area contributed by atoms with Crippen LogP contribution in [0.5, 0.6) is 0 Å². The summed E-state index contributed by atoms with van der Waals surface area (Å²) in [6, 6.07) is -0.186. The van der Waals surface area contributed by atoms with E-state index in [1.807, 2.05) is 0 Å². The third-order valence-corrected chi connectivity index (χ3v) is 1.42. The fourth-order valence-corrected chi connectivity index (χ4v) is 0.748. The number of nitrogens with one attached hydrogen (secondary N) is 2. The largest absolute Gasteiger partial charge is 0.447 e. The summed E-state index contributed by atoms with van der Waals surface area (Å²) in [6.07, 6.45) is -0.606. The van der Waals surface area contributed by atoms with Gasteiger partial charge in [0.05, 0.1) is 6.10 Å². The van der Waals surface area contributed by atoms with Gasteiger partial charge >= 0.3 is 12.1 Å². The quantitative estimate of drug-likeness (QED) is 0.669. The van der Waals surface area contributed by atoms with Crippen LogP contribution in [0.1, 0.15) is 13.8 Å². The predicted octanol–water partition coefficient (Wildman–Crippen LogP) is 0.392. The molecule has 0 aliphatic rings. The first-order valence-electron chi connectivity index (χ1n) is 4.83. The summed E-state index contributed by atoms with van der Waals surface area (Å²) in [7, 11) is 3.30. The molecule has 0 unspecified atom stereocenters. The lowest BCUT2D eigenvalue weighted by molar-refractivity contribution is 0.115. The third-order valence-electron chi connectivity index (χ3n) is 1.42. The Balaban J connectivity index is 3.46. The molecule has 0 bridgehead atoms. The molecule has 0 aliphatic carbocycles. The van der Waals surface area contributed by atoms with E-state index in [9.17, 15) is 9.59 Å². The lowest BCUT2D eigenvalue weighted by Crippen LogP contribution is -2.40. The van der Waals surface area contributed by atoms with Gasteiger partial charge in [0, 0.05) is 27.2 Å². The van der Waals surface area contributed by atoms with Gasteiger partial charge < -0.3 is 20.3 Å². The molecule has 88 valence electrons. The van der Waals surface area contributed by atoms with Gasteiger partial charge in [-0.3, -0.25) is 0 Å². The zero-order chi connectivity index (χ0) is 11.8. The molecule has 3 amide bonds. The van der Waals surface area contributed by atoms with E-state index in [1.165, 1.54) is 4.90 Å². The van der Waals surface area contributed by atoms with Crippen molar-refractivity contribution in [2.75, 3.05) is 27.2 Å². The van der Waals surface area contributed by atoms with E-state index in [-0.39, 0.29) is 12.1 Å². The van der Waals surface area contributed by atoms with Crippen LogP contribution in [0.4, 0.5) is 9.59 Å². The van der Waals surface area contributed by atoms with Gasteiger partial charge in [-0.2, -0.15) is 0 Å². The number of alkyl carbamates (subject to hydrolysis) is 1. The Labute approximate surface area is 90.0 Å². The SMILES string of the molecule is CC(C)OC(=O)NCCNC(=O)N(C)C. The van der Waals surface area contributed by atoms with Crippen molar-refractivity contribution in [1.29, 1.82) is 0 Å². The van der Waals surface area contributed by atoms with Crippen LogP contribution in [0.3, 0.4) is 0 Å². The maximum absolute atomic E-state index is 11.0. The highest BCUT2D eigenvalue weighted by Crippen LogP contribution is 1.87. The Hall–Kier alpha value is -1.46. The molecule has 0 heterocycles. The van der Waals surface area contributed by atoms with Crippen LogP contribution in [-0.2, 0) is 4.74 Å². The molecule has 0 spiro atoms. The fraction of sp³-hybridized carbons (Fsp3) is 0.778. The normalized spacial score (nSPS) is 9.67. The molecule has 0 radical (unpaired) electrons. The van der Waals surface area contributed by atoms with Gasteiger partial charge in [-0.05, 0) is 13.8 Å². The smallest absolute Gasteiger partial charge is 0.407 e. The van der Waals surface area contributed by atoms with Crippen LogP contribution in [0.15, 0.2) is 0 Å². The molecule has 0 rings (SSSR count). The van der Waals surface area contributed by atoms with E-state index < -0.39 is 6.09 Å². The molecule has 6 nitrogen and oxygen atoms in total. The van der Waals surface area contributed by atoms with Gasteiger partial charge in [0.2, 0.25) is 0 Å². The Morgan fingerprint density at radius 2 is 1.73 bits per heavy atom. The Bertz CT molecular complexity index is 217. The Kier molecular flexibility index (Phi) is 6.24. The average molecular weight is 217 g/mol. The first-order valence-corrected chi connectivity index (χ1v) is 4.83. The van der Waals surface area contributed by atoms with Gasteiger partial charge in [-0.25, -0.2) is 9.59 Å². The van der Waals surface area contributed by atoms with E-state index in [1.54, 1.807) is 27.9 Å². The molecular formula is C9H19N3O3. The van der Waals surface area contributed by atoms with Crippen molar-refractivity contribution in [1.82, 2.24) is 15.5 Å². The second kappa shape index (κ2) is 6.92. The molecule has 0 fully saturated rings. The lowest BCUT2D eigenvalue weighted by atomic mass is 10.5. The number of carbonyl (C=O) groups excluding carboxylic acids is 2. The first kappa shape index (κ1) is 13.5. The molecule has 0 aromatic carbocycles. The van der Waals surface area contributed by atoms with Crippen LogP contribution in [0.25, 0.3) is 0 Å². The topological polar surface area (TPSA) is 70.7 Å². The fourth-order valence-electron chi connectivity index (χ4n) is 0.748. The Morgan fingerprint density at radius 3 is 2.20 bits per heavy atom. The van der Waals surface area contributed by atoms with E-state index >= 15 is 0 Å². The summed E-state index contributed by atoms with van der Waals surface area (Å²) in [5.74, 6) is 0. The zero-order valence-electron chi connectivity index (χ0n) is 9.66. The first-order chi connectivity index (χ1) is 6.93. The molecule has 0 aliphatic heterocycles. The molecule has 0 aromatic rings. The van der Waals surface area contributed by atoms with Crippen molar-refractivity contribution in [3.63, 3.8) is 0 Å². The molecule has 0 saturated carbocycles. The van der Waals surface area contributed by atoms with Gasteiger partial charge in [0.1, 0.15) is 0 Å². The standard InChI is InChI=1S/C9H19N3O3/c1-7(2)15-9(14)11-6-5-10-8(13)12(3)4/h7H,5-6H2,1-4H3,(H,10,13)(H,11,14). The highest BCUT2D eigenvalue weighted by Gasteiger charge is 2.04. The molecule has 2 N–H and O–H groups in total. The second-order valence-electron chi connectivity index (χ2n) is 3.51. The minimum Gasteiger partial charge on any atom is -0.447 e. The summed E-state index contributed by atoms with van der Waals surface area (Å²) in [5, 5.41) is 5.12. The van der Waals surface area contributed by atoms with Crippen LogP contribution in [0.2, 0.25) is 0 Å². The van der Waals surface area contributed by atoms with Crippen molar-refractivity contribution >= 4 is 12.1 Å². The lowest BCUT2D eigenvalue weighted by Gasteiger charge is -2.12. The Morgan fingerprint density at radius 1 is 1.20 bits per heavy atom. The minimum atomic E-state index is -0.468. The molecule has 15 heavy (non-hydrogen) atoms. The molecule has 0 aromatic heterocycles. The van der Waals surface area contributed by atoms with Crippen molar-refractivity contribution in [3.05, 3.63) is 0 Å². The van der Waals surface area contributed by atoms with Gasteiger partial charge in [0.25, 0.3) is 0 Å². The minimum absolute atomic E-state index is 0.138. The van der Waals surface area contributed by atoms with Crippen molar-refractivity contribution in [2.45, 2.75) is 20.0 Å². The maximum atomic E-state index is 11.0. The average Bonchev–Trinajstić information content (AvgIpc) is 2.10. The highest BCUT2D eigenvalue weighted by molar-refractivity contribution is 5.73. The van der Waals surface area contributed by atoms with Crippen LogP contribution >= 0.6 is 0 Å². The highest BCUT2D eigenvalue weighted by atomic mass is 16.6. The van der Waals surface area contributed by atoms with Gasteiger partial charge in [-0.15, -0.1) is 0 Å². The van der Waals surface area contributed by atoms with E-state index in [0.29, 0.717) is 13.1 Å². The monoisotopic (exact) mass is 217 g/mol. The van der Waals surface area contributed by atoms with Crippen molar-refractivity contribution < 1.29 is 14.3 Å². The zero-order valence-corrected chi connectivity index (χ0v) is 9.66. The summed E-state index contributed by atoms with van der Waals surface area (Å²) >= 11 is 0. The molecule has 0 atom stereocenters. The molecule has 0 saturated heterocycles. The van der Waals surface area contributed by atoms with E-state index in [0.717, 1.165) is 0 Å². The van der Waals surface area contributed by atoms with Crippen molar-refractivity contribution in [2.24, 2.45) is 0 Å². The number of ether oxygens (including phenoxy) is 1. The summed E-state index contributed by atoms with van der Waals surface area (Å²) in [5.41, 5.74) is 0. The van der Waals surface area contributed by atoms with Crippen molar-refractivity contribution in [3.8, 4) is 0 Å². The van der Waals surface area contributed by atoms with Crippen LogP contribution < -0.4 is 10.6 Å². The van der Waals surface area contributed by atoms with Gasteiger partial charge in [0.15, 0.2) is 0 Å². The number of hydrogen-bond donors (Lipinski definition) is 2. The summed E-state index contributed by atoms with van der Waals surface area (Å²) in [4.78, 5) is 23.4. The van der Waals surface area contributed by atoms with Crippen LogP contribution in [0, 0.1) is 0 Å². The number of hydrogen-bond acceptors (Lipinski definition) is 3. The molecular weight excluding hydrogens is 198 g/mol. The molecule has 6 heteroatoms. The predicted molar refractivity (Wildman–Crippen MR) is 56.7 cm³/mol. The second-order valence-corrected chi connectivity index (χ2v) is 3.51. The number of carbonyl (C=O) groups is 2. The summed E-state index contributed by atoms with van der Waals surface area (Å²) < 4.78 is 4.83. The summed E-state index contributed by atoms with van der Waals surface area (Å²) in [6.45, 7) is 4.27. The van der Waals surface area contributed by atoms with Crippen LogP contribution in [-0.4, -0.2) is 50.3 Å². The maximum Gasteiger partial charge on any atom is 0.407 e. The van der Waals surface area contributed by atoms with E-state index in [2.05, 4.69) is 10.6 Å². The number of rotatable bonds is 4. The van der Waals surface area contributed by atoms with Gasteiger partial charge in [-0.1, -0.05) is 0 Å². The van der Waals surface area contributed by atoms with E-state index in [4.69, 9.17) is 4.74 Å². The number of amides is 3. The number of nitrogens with zero attached hydrogens (tertiary/aromatic N) is 1.